The molecule has 1 fully saturated rings. The van der Waals surface area contributed by atoms with Gasteiger partial charge in [-0.1, -0.05) is 18.2 Å². The minimum Gasteiger partial charge on any atom is -0.379 e. The molecule has 1 saturated heterocycles. The summed E-state index contributed by atoms with van der Waals surface area (Å²) >= 11 is 1.37. The van der Waals surface area contributed by atoms with Crippen molar-refractivity contribution in [2.75, 3.05) is 38.6 Å². The summed E-state index contributed by atoms with van der Waals surface area (Å²) in [7, 11) is -3.40. The Labute approximate surface area is 173 Å². The Morgan fingerprint density at radius 3 is 2.41 bits per heavy atom. The third kappa shape index (κ3) is 6.10. The number of carbonyl (C=O) groups is 2. The van der Waals surface area contributed by atoms with Crippen molar-refractivity contribution >= 4 is 33.2 Å². The molecular weight excluding hydrogens is 414 g/mol. The van der Waals surface area contributed by atoms with Crippen LogP contribution in [0.15, 0.2) is 41.8 Å². The molecule has 1 aliphatic rings. The van der Waals surface area contributed by atoms with E-state index in [9.17, 15) is 18.0 Å². The third-order valence-corrected chi connectivity index (χ3v) is 7.16. The predicted octanol–water partition coefficient (Wildman–Crippen LogP) is 1.07. The molecule has 0 aliphatic carbocycles. The summed E-state index contributed by atoms with van der Waals surface area (Å²) in [6, 6.07) is 10.4. The Bertz CT molecular complexity index is 921. The van der Waals surface area contributed by atoms with Crippen LogP contribution < -0.4 is 10.6 Å². The lowest BCUT2D eigenvalue weighted by Gasteiger charge is -2.26. The molecule has 29 heavy (non-hydrogen) atoms. The number of hydrogen-bond acceptors (Lipinski definition) is 6. The van der Waals surface area contributed by atoms with Gasteiger partial charge in [0.05, 0.1) is 23.8 Å². The number of hydrogen-bond donors (Lipinski definition) is 2. The number of ether oxygens (including phenoxy) is 1. The standard InChI is InChI=1S/C19H23N3O5S2/c23-18(20-7-13-29(25,26)22-8-10-27-11-9-22)16-5-3-15(4-6-16)14-21-19(24)17-2-1-12-28-17/h1-6,12H,7-11,13-14H2,(H,20,23)(H,21,24). The highest BCUT2D eigenvalue weighted by atomic mass is 32.2. The van der Waals surface area contributed by atoms with Crippen molar-refractivity contribution in [1.29, 1.82) is 0 Å². The lowest BCUT2D eigenvalue weighted by molar-refractivity contribution is 0.0730. The van der Waals surface area contributed by atoms with E-state index in [0.29, 0.717) is 43.3 Å². The maximum Gasteiger partial charge on any atom is 0.261 e. The van der Waals surface area contributed by atoms with E-state index in [1.54, 1.807) is 30.3 Å². The summed E-state index contributed by atoms with van der Waals surface area (Å²) in [5.41, 5.74) is 1.29. The van der Waals surface area contributed by atoms with Gasteiger partial charge in [-0.3, -0.25) is 9.59 Å². The molecule has 0 spiro atoms. The van der Waals surface area contributed by atoms with Crippen molar-refractivity contribution in [3.8, 4) is 0 Å². The first-order chi connectivity index (χ1) is 14.0. The fourth-order valence-corrected chi connectivity index (χ4v) is 4.76. The summed E-state index contributed by atoms with van der Waals surface area (Å²) in [6.45, 7) is 1.88. The van der Waals surface area contributed by atoms with Crippen LogP contribution in [0.5, 0.6) is 0 Å². The van der Waals surface area contributed by atoms with Gasteiger partial charge in [0.25, 0.3) is 11.8 Å². The number of carbonyl (C=O) groups excluding carboxylic acids is 2. The molecule has 2 aromatic rings. The highest BCUT2D eigenvalue weighted by Crippen LogP contribution is 2.09. The second-order valence-corrected chi connectivity index (χ2v) is 9.48. The monoisotopic (exact) mass is 437 g/mol. The number of nitrogens with zero attached hydrogens (tertiary/aromatic N) is 1. The summed E-state index contributed by atoms with van der Waals surface area (Å²) in [6.07, 6.45) is 0. The first-order valence-electron chi connectivity index (χ1n) is 9.20. The SMILES string of the molecule is O=C(NCCS(=O)(=O)N1CCOCC1)c1ccc(CNC(=O)c2cccs2)cc1. The lowest BCUT2D eigenvalue weighted by Crippen LogP contribution is -2.43. The van der Waals surface area contributed by atoms with Crippen LogP contribution in [0.4, 0.5) is 0 Å². The molecule has 0 radical (unpaired) electrons. The van der Waals surface area contributed by atoms with Crippen molar-refractivity contribution < 1.29 is 22.7 Å². The van der Waals surface area contributed by atoms with Crippen LogP contribution in [-0.4, -0.2) is 63.1 Å². The molecule has 2 amide bonds. The molecule has 2 heterocycles. The quantitative estimate of drug-likeness (QED) is 0.643. The van der Waals surface area contributed by atoms with Crippen molar-refractivity contribution in [3.05, 3.63) is 57.8 Å². The number of morpholine rings is 1. The topological polar surface area (TPSA) is 105 Å². The minimum absolute atomic E-state index is 0.0388. The average molecular weight is 438 g/mol. The van der Waals surface area contributed by atoms with E-state index in [4.69, 9.17) is 4.74 Å². The Morgan fingerprint density at radius 1 is 1.03 bits per heavy atom. The first kappa shape index (κ1) is 21.4. The smallest absolute Gasteiger partial charge is 0.261 e. The maximum absolute atomic E-state index is 12.2. The van der Waals surface area contributed by atoms with Gasteiger partial charge in [-0.2, -0.15) is 4.31 Å². The van der Waals surface area contributed by atoms with Gasteiger partial charge in [0.1, 0.15) is 0 Å². The third-order valence-electron chi connectivity index (χ3n) is 4.42. The fourth-order valence-electron chi connectivity index (χ4n) is 2.80. The van der Waals surface area contributed by atoms with Crippen LogP contribution in [0, 0.1) is 0 Å². The van der Waals surface area contributed by atoms with E-state index >= 15 is 0 Å². The van der Waals surface area contributed by atoms with E-state index in [1.807, 2.05) is 11.4 Å². The van der Waals surface area contributed by atoms with Crippen LogP contribution in [0.2, 0.25) is 0 Å². The molecule has 0 atom stereocenters. The lowest BCUT2D eigenvalue weighted by atomic mass is 10.1. The van der Waals surface area contributed by atoms with E-state index in [2.05, 4.69) is 10.6 Å². The minimum atomic E-state index is -3.40. The van der Waals surface area contributed by atoms with Gasteiger partial charge in [-0.25, -0.2) is 8.42 Å². The number of amides is 2. The van der Waals surface area contributed by atoms with E-state index in [0.717, 1.165) is 5.56 Å². The van der Waals surface area contributed by atoms with Gasteiger partial charge >= 0.3 is 0 Å². The Hall–Kier alpha value is -2.27. The van der Waals surface area contributed by atoms with Crippen molar-refractivity contribution in [2.24, 2.45) is 0 Å². The molecule has 1 aliphatic heterocycles. The van der Waals surface area contributed by atoms with E-state index < -0.39 is 10.0 Å². The maximum atomic E-state index is 12.2. The summed E-state index contributed by atoms with van der Waals surface area (Å²) < 4.78 is 31.0. The highest BCUT2D eigenvalue weighted by molar-refractivity contribution is 7.89. The van der Waals surface area contributed by atoms with Crippen molar-refractivity contribution in [3.63, 3.8) is 0 Å². The Morgan fingerprint density at radius 2 is 1.76 bits per heavy atom. The molecule has 156 valence electrons. The van der Waals surface area contributed by atoms with Gasteiger partial charge in [-0.05, 0) is 29.1 Å². The number of benzene rings is 1. The molecule has 0 bridgehead atoms. The van der Waals surface area contributed by atoms with Gasteiger partial charge in [0, 0.05) is 31.7 Å². The predicted molar refractivity (Wildman–Crippen MR) is 110 cm³/mol. The molecule has 8 nitrogen and oxygen atoms in total. The molecule has 10 heteroatoms. The van der Waals surface area contributed by atoms with Gasteiger partial charge in [0.2, 0.25) is 10.0 Å². The number of rotatable bonds is 8. The van der Waals surface area contributed by atoms with Crippen molar-refractivity contribution in [2.45, 2.75) is 6.54 Å². The van der Waals surface area contributed by atoms with E-state index in [1.165, 1.54) is 15.6 Å². The van der Waals surface area contributed by atoms with Crippen LogP contribution >= 0.6 is 11.3 Å². The van der Waals surface area contributed by atoms with Crippen LogP contribution in [-0.2, 0) is 21.3 Å². The number of thiophene rings is 1. The van der Waals surface area contributed by atoms with E-state index in [-0.39, 0.29) is 24.1 Å². The van der Waals surface area contributed by atoms with Crippen LogP contribution in [0.3, 0.4) is 0 Å². The zero-order valence-electron chi connectivity index (χ0n) is 15.8. The highest BCUT2D eigenvalue weighted by Gasteiger charge is 2.24. The molecule has 1 aromatic carbocycles. The second-order valence-electron chi connectivity index (χ2n) is 6.44. The zero-order valence-corrected chi connectivity index (χ0v) is 17.4. The second kappa shape index (κ2) is 9.97. The summed E-state index contributed by atoms with van der Waals surface area (Å²) in [4.78, 5) is 24.8. The molecule has 3 rings (SSSR count). The molecule has 1 aromatic heterocycles. The average Bonchev–Trinajstić information content (AvgIpc) is 3.28. The Balaban J connectivity index is 1.44. The molecule has 2 N–H and O–H groups in total. The normalized spacial score (nSPS) is 15.0. The van der Waals surface area contributed by atoms with Gasteiger partial charge in [-0.15, -0.1) is 11.3 Å². The molecule has 0 saturated carbocycles. The molecule has 0 unspecified atom stereocenters. The number of nitrogens with one attached hydrogen (secondary N) is 2. The fraction of sp³-hybridized carbons (Fsp3) is 0.368. The van der Waals surface area contributed by atoms with Crippen LogP contribution in [0.1, 0.15) is 25.6 Å². The summed E-state index contributed by atoms with van der Waals surface area (Å²) in [5.74, 6) is -0.620. The number of sulfonamides is 1. The van der Waals surface area contributed by atoms with Crippen LogP contribution in [0.25, 0.3) is 0 Å². The van der Waals surface area contributed by atoms with Gasteiger partial charge < -0.3 is 15.4 Å². The largest absolute Gasteiger partial charge is 0.379 e. The first-order valence-corrected chi connectivity index (χ1v) is 11.7. The zero-order chi connectivity index (χ0) is 20.7. The van der Waals surface area contributed by atoms with Gasteiger partial charge in [0.15, 0.2) is 0 Å². The Kier molecular flexibility index (Phi) is 7.37. The summed E-state index contributed by atoms with van der Waals surface area (Å²) in [5, 5.41) is 7.30. The van der Waals surface area contributed by atoms with Crippen molar-refractivity contribution in [1.82, 2.24) is 14.9 Å². The molecular formula is C19H23N3O5S2.